The summed E-state index contributed by atoms with van der Waals surface area (Å²) in [6.45, 7) is 9.53. The highest BCUT2D eigenvalue weighted by Gasteiger charge is 2.78. The number of carbonyl (C=O) groups is 3. The molecule has 3 aliphatic heterocycles. The molecule has 1 aromatic rings. The molecule has 184 valence electrons. The number of carboxylic acid groups (broad SMARTS) is 1. The van der Waals surface area contributed by atoms with E-state index >= 15 is 0 Å². The molecule has 3 heterocycles. The largest absolute Gasteiger partial charge is 0.481 e. The lowest BCUT2D eigenvalue weighted by Crippen LogP contribution is -2.59. The van der Waals surface area contributed by atoms with Crippen LogP contribution in [0.4, 0.5) is 0 Å². The molecule has 34 heavy (non-hydrogen) atoms. The van der Waals surface area contributed by atoms with Crippen molar-refractivity contribution in [2.24, 2.45) is 17.8 Å². The number of hydrogen-bond acceptors (Lipinski definition) is 5. The average molecular weight is 471 g/mol. The highest BCUT2D eigenvalue weighted by atomic mass is 16.5. The van der Waals surface area contributed by atoms with E-state index in [-0.39, 0.29) is 25.0 Å². The van der Waals surface area contributed by atoms with Crippen LogP contribution in [-0.4, -0.2) is 74.2 Å². The predicted octanol–water partition coefficient (Wildman–Crippen LogP) is 2.07. The Morgan fingerprint density at radius 2 is 1.97 bits per heavy atom. The zero-order valence-electron chi connectivity index (χ0n) is 20.0. The number of ether oxygens (including phenoxy) is 1. The molecule has 0 saturated carbocycles. The average Bonchev–Trinajstić information content (AvgIpc) is 3.35. The summed E-state index contributed by atoms with van der Waals surface area (Å²) in [7, 11) is 0. The van der Waals surface area contributed by atoms with Gasteiger partial charge in [-0.05, 0) is 31.2 Å². The van der Waals surface area contributed by atoms with Crippen molar-refractivity contribution in [1.29, 1.82) is 0 Å². The first-order valence-electron chi connectivity index (χ1n) is 11.9. The smallest absolute Gasteiger partial charge is 0.310 e. The van der Waals surface area contributed by atoms with E-state index in [0.29, 0.717) is 19.4 Å². The molecule has 1 aromatic carbocycles. The van der Waals surface area contributed by atoms with E-state index in [1.54, 1.807) is 17.9 Å². The van der Waals surface area contributed by atoms with E-state index < -0.39 is 47.0 Å². The molecular weight excluding hydrogens is 436 g/mol. The van der Waals surface area contributed by atoms with Crippen molar-refractivity contribution in [1.82, 2.24) is 9.80 Å². The van der Waals surface area contributed by atoms with E-state index in [4.69, 9.17) is 4.74 Å². The summed E-state index contributed by atoms with van der Waals surface area (Å²) < 4.78 is 6.43. The fourth-order valence-electron chi connectivity index (χ4n) is 6.36. The Morgan fingerprint density at radius 1 is 1.29 bits per heavy atom. The zero-order chi connectivity index (χ0) is 24.8. The van der Waals surface area contributed by atoms with Gasteiger partial charge in [-0.3, -0.25) is 14.4 Å². The van der Waals surface area contributed by atoms with Gasteiger partial charge in [-0.15, -0.1) is 6.58 Å². The Morgan fingerprint density at radius 3 is 2.53 bits per heavy atom. The number of amides is 2. The van der Waals surface area contributed by atoms with E-state index in [1.165, 1.54) is 4.90 Å². The maximum Gasteiger partial charge on any atom is 0.310 e. The Balaban J connectivity index is 1.81. The van der Waals surface area contributed by atoms with Crippen molar-refractivity contribution in [2.45, 2.75) is 63.4 Å². The van der Waals surface area contributed by atoms with Crippen molar-refractivity contribution >= 4 is 17.8 Å². The number of rotatable bonds is 9. The van der Waals surface area contributed by atoms with Crippen LogP contribution >= 0.6 is 0 Å². The summed E-state index contributed by atoms with van der Waals surface area (Å²) >= 11 is 0. The summed E-state index contributed by atoms with van der Waals surface area (Å²) in [6, 6.07) is 7.89. The van der Waals surface area contributed by atoms with Crippen LogP contribution in [0.25, 0.3) is 0 Å². The standard InChI is InChI=1S/C26H34N2O6/c1-5-13-27(14-17-9-7-6-8-10-17)23(31)21-26-12-11-25(4,34-26)20(24(32)33)19(26)22(30)28(21)18(15-29)16(2)3/h5-10,16,18-21,29H,1,11-15H2,2-4H3,(H,32,33)/t18-,19-,20-,21?,25+,26?/m0/s1. The minimum absolute atomic E-state index is 0.141. The minimum atomic E-state index is -1.23. The topological polar surface area (TPSA) is 107 Å². The van der Waals surface area contributed by atoms with Gasteiger partial charge in [-0.25, -0.2) is 0 Å². The fraction of sp³-hybridized carbons (Fsp3) is 0.577. The number of nitrogens with zero attached hydrogens (tertiary/aromatic N) is 2. The second kappa shape index (κ2) is 8.82. The van der Waals surface area contributed by atoms with Gasteiger partial charge in [0.25, 0.3) is 0 Å². The zero-order valence-corrected chi connectivity index (χ0v) is 20.0. The Labute approximate surface area is 200 Å². The van der Waals surface area contributed by atoms with E-state index in [2.05, 4.69) is 6.58 Å². The van der Waals surface area contributed by atoms with E-state index in [0.717, 1.165) is 5.56 Å². The molecule has 3 fully saturated rings. The van der Waals surface area contributed by atoms with Crippen molar-refractivity contribution in [2.75, 3.05) is 13.2 Å². The number of hydrogen-bond donors (Lipinski definition) is 2. The highest BCUT2D eigenvalue weighted by Crippen LogP contribution is 2.63. The van der Waals surface area contributed by atoms with Gasteiger partial charge in [-0.2, -0.15) is 0 Å². The Kier molecular flexibility index (Phi) is 6.33. The third-order valence-electron chi connectivity index (χ3n) is 7.91. The van der Waals surface area contributed by atoms with Gasteiger partial charge in [0.05, 0.1) is 30.1 Å². The van der Waals surface area contributed by atoms with Gasteiger partial charge in [0.1, 0.15) is 11.6 Å². The molecule has 0 aliphatic carbocycles. The molecule has 4 rings (SSSR count). The number of carbonyl (C=O) groups excluding carboxylic acids is 2. The number of aliphatic hydroxyl groups is 1. The number of aliphatic hydroxyl groups excluding tert-OH is 1. The molecular formula is C26H34N2O6. The SMILES string of the molecule is C=CCN(Cc1ccccc1)C(=O)C1N([C@@H](CO)C(C)C)C(=O)[C@@H]2[C@@H](C(=O)O)[C@@]3(C)CCC12O3. The van der Waals surface area contributed by atoms with Gasteiger partial charge in [-0.1, -0.05) is 50.3 Å². The van der Waals surface area contributed by atoms with Crippen LogP contribution in [0.15, 0.2) is 43.0 Å². The number of likely N-dealkylation sites (tertiary alicyclic amines) is 1. The highest BCUT2D eigenvalue weighted by molar-refractivity contribution is 5.98. The predicted molar refractivity (Wildman–Crippen MR) is 124 cm³/mol. The maximum absolute atomic E-state index is 14.2. The Hall–Kier alpha value is -2.71. The van der Waals surface area contributed by atoms with Gasteiger partial charge >= 0.3 is 5.97 Å². The van der Waals surface area contributed by atoms with E-state index in [9.17, 15) is 24.6 Å². The molecule has 1 spiro atoms. The first-order valence-corrected chi connectivity index (χ1v) is 11.9. The molecule has 6 atom stereocenters. The molecule has 8 heteroatoms. The molecule has 2 unspecified atom stereocenters. The van der Waals surface area contributed by atoms with Crippen LogP contribution in [0.5, 0.6) is 0 Å². The molecule has 0 aromatic heterocycles. The summed E-state index contributed by atoms with van der Waals surface area (Å²) in [5.41, 5.74) is -1.31. The van der Waals surface area contributed by atoms with Crippen LogP contribution in [0.3, 0.4) is 0 Å². The lowest BCUT2D eigenvalue weighted by molar-refractivity contribution is -0.159. The van der Waals surface area contributed by atoms with Crippen LogP contribution in [-0.2, 0) is 25.7 Å². The number of fused-ring (bicyclic) bond motifs is 1. The minimum Gasteiger partial charge on any atom is -0.481 e. The second-order valence-corrected chi connectivity index (χ2v) is 10.3. The van der Waals surface area contributed by atoms with Crippen LogP contribution < -0.4 is 0 Å². The number of carboxylic acids is 1. The van der Waals surface area contributed by atoms with Crippen molar-refractivity contribution < 1.29 is 29.3 Å². The Bertz CT molecular complexity index is 981. The molecule has 0 radical (unpaired) electrons. The van der Waals surface area contributed by atoms with Gasteiger partial charge in [0.2, 0.25) is 11.8 Å². The third-order valence-corrected chi connectivity index (χ3v) is 7.91. The summed E-state index contributed by atoms with van der Waals surface area (Å²) in [4.78, 5) is 43.5. The van der Waals surface area contributed by atoms with Gasteiger partial charge in [0.15, 0.2) is 0 Å². The molecule has 3 aliphatic rings. The quantitative estimate of drug-likeness (QED) is 0.535. The van der Waals surface area contributed by atoms with Gasteiger partial charge in [0, 0.05) is 13.1 Å². The first-order chi connectivity index (χ1) is 16.1. The molecule has 2 N–H and O–H groups in total. The maximum atomic E-state index is 14.2. The van der Waals surface area contributed by atoms with Crippen LogP contribution in [0.1, 0.15) is 39.2 Å². The summed E-state index contributed by atoms with van der Waals surface area (Å²) in [6.07, 6.45) is 2.51. The summed E-state index contributed by atoms with van der Waals surface area (Å²) in [5.74, 6) is -3.96. The van der Waals surface area contributed by atoms with E-state index in [1.807, 2.05) is 44.2 Å². The molecule has 3 saturated heterocycles. The number of aliphatic carboxylic acids is 1. The lowest BCUT2D eigenvalue weighted by Gasteiger charge is -2.40. The lowest BCUT2D eigenvalue weighted by atomic mass is 9.66. The molecule has 2 amide bonds. The summed E-state index contributed by atoms with van der Waals surface area (Å²) in [5, 5.41) is 20.3. The van der Waals surface area contributed by atoms with Crippen molar-refractivity contribution in [3.8, 4) is 0 Å². The fourth-order valence-corrected chi connectivity index (χ4v) is 6.36. The second-order valence-electron chi connectivity index (χ2n) is 10.3. The monoisotopic (exact) mass is 470 g/mol. The molecule has 2 bridgehead atoms. The first kappa shape index (κ1) is 24.4. The van der Waals surface area contributed by atoms with Gasteiger partial charge < -0.3 is 24.7 Å². The van der Waals surface area contributed by atoms with Crippen LogP contribution in [0.2, 0.25) is 0 Å². The van der Waals surface area contributed by atoms with Crippen LogP contribution in [0, 0.1) is 17.8 Å². The number of benzene rings is 1. The molecule has 8 nitrogen and oxygen atoms in total. The third kappa shape index (κ3) is 3.55. The van der Waals surface area contributed by atoms with Crippen molar-refractivity contribution in [3.63, 3.8) is 0 Å². The van der Waals surface area contributed by atoms with Crippen molar-refractivity contribution in [3.05, 3.63) is 48.6 Å². The normalized spacial score (nSPS) is 32.7.